The van der Waals surface area contributed by atoms with Crippen molar-refractivity contribution in [3.05, 3.63) is 11.4 Å². The second-order valence-electron chi connectivity index (χ2n) is 4.33. The van der Waals surface area contributed by atoms with Gasteiger partial charge in [0.15, 0.2) is 5.69 Å². The molecule has 0 saturated carbocycles. The fourth-order valence-electron chi connectivity index (χ4n) is 1.45. The molecule has 0 aliphatic rings. The topological polar surface area (TPSA) is 110 Å². The SMILES string of the molecule is COC(=O)C(NC(=O)c1n[nH]c(C)c1N)C(C)C. The molecule has 4 N–H and O–H groups in total. The van der Waals surface area contributed by atoms with Crippen molar-refractivity contribution in [3.63, 3.8) is 0 Å². The number of rotatable bonds is 4. The van der Waals surface area contributed by atoms with E-state index in [0.29, 0.717) is 5.69 Å². The summed E-state index contributed by atoms with van der Waals surface area (Å²) >= 11 is 0. The Morgan fingerprint density at radius 1 is 1.44 bits per heavy atom. The van der Waals surface area contributed by atoms with Gasteiger partial charge in [0.1, 0.15) is 6.04 Å². The lowest BCUT2D eigenvalue weighted by Crippen LogP contribution is -2.45. The number of hydrogen-bond acceptors (Lipinski definition) is 5. The smallest absolute Gasteiger partial charge is 0.328 e. The van der Waals surface area contributed by atoms with E-state index in [1.165, 1.54) is 7.11 Å². The highest BCUT2D eigenvalue weighted by atomic mass is 16.5. The summed E-state index contributed by atoms with van der Waals surface area (Å²) in [5, 5.41) is 8.97. The molecule has 18 heavy (non-hydrogen) atoms. The van der Waals surface area contributed by atoms with E-state index < -0.39 is 17.9 Å². The van der Waals surface area contributed by atoms with Crippen LogP contribution in [0.1, 0.15) is 30.0 Å². The van der Waals surface area contributed by atoms with Crippen molar-refractivity contribution in [1.29, 1.82) is 0 Å². The maximum Gasteiger partial charge on any atom is 0.328 e. The van der Waals surface area contributed by atoms with Gasteiger partial charge in [0, 0.05) is 0 Å². The lowest BCUT2D eigenvalue weighted by atomic mass is 10.0. The van der Waals surface area contributed by atoms with Gasteiger partial charge in [0.25, 0.3) is 5.91 Å². The Morgan fingerprint density at radius 2 is 2.06 bits per heavy atom. The van der Waals surface area contributed by atoms with Crippen molar-refractivity contribution in [1.82, 2.24) is 15.5 Å². The van der Waals surface area contributed by atoms with Crippen LogP contribution in [0, 0.1) is 12.8 Å². The Morgan fingerprint density at radius 3 is 2.44 bits per heavy atom. The van der Waals surface area contributed by atoms with Crippen LogP contribution in [0.25, 0.3) is 0 Å². The molecule has 0 saturated heterocycles. The Bertz CT molecular complexity index is 453. The summed E-state index contributed by atoms with van der Waals surface area (Å²) in [4.78, 5) is 23.4. The van der Waals surface area contributed by atoms with Crippen molar-refractivity contribution in [2.75, 3.05) is 12.8 Å². The van der Waals surface area contributed by atoms with E-state index >= 15 is 0 Å². The first-order valence-corrected chi connectivity index (χ1v) is 5.57. The Labute approximate surface area is 105 Å². The van der Waals surface area contributed by atoms with Gasteiger partial charge in [-0.25, -0.2) is 4.79 Å². The first kappa shape index (κ1) is 14.0. The lowest BCUT2D eigenvalue weighted by Gasteiger charge is -2.19. The van der Waals surface area contributed by atoms with Crippen LogP contribution in [0.2, 0.25) is 0 Å². The molecule has 1 atom stereocenters. The third-order valence-corrected chi connectivity index (χ3v) is 2.62. The minimum absolute atomic E-state index is 0.0852. The van der Waals surface area contributed by atoms with Crippen molar-refractivity contribution < 1.29 is 14.3 Å². The van der Waals surface area contributed by atoms with Crippen molar-refractivity contribution in [3.8, 4) is 0 Å². The number of carbonyl (C=O) groups is 2. The Kier molecular flexibility index (Phi) is 4.30. The number of aryl methyl sites for hydroxylation is 1. The van der Waals surface area contributed by atoms with Gasteiger partial charge in [-0.3, -0.25) is 9.89 Å². The molecule has 0 bridgehead atoms. The number of anilines is 1. The third-order valence-electron chi connectivity index (χ3n) is 2.62. The molecule has 1 rings (SSSR count). The number of H-pyrrole nitrogens is 1. The highest BCUT2D eigenvalue weighted by Gasteiger charge is 2.27. The molecule has 7 nitrogen and oxygen atoms in total. The predicted molar refractivity (Wildman–Crippen MR) is 65.8 cm³/mol. The zero-order valence-electron chi connectivity index (χ0n) is 10.9. The molecule has 0 fully saturated rings. The largest absolute Gasteiger partial charge is 0.467 e. The number of nitrogen functional groups attached to an aromatic ring is 1. The highest BCUT2D eigenvalue weighted by molar-refractivity contribution is 5.99. The molecule has 0 aromatic carbocycles. The van der Waals surface area contributed by atoms with Crippen LogP contribution in [0.5, 0.6) is 0 Å². The van der Waals surface area contributed by atoms with Gasteiger partial charge in [-0.2, -0.15) is 5.10 Å². The number of aromatic amines is 1. The maximum atomic E-state index is 11.9. The normalized spacial score (nSPS) is 12.3. The summed E-state index contributed by atoms with van der Waals surface area (Å²) in [5.74, 6) is -1.09. The van der Waals surface area contributed by atoms with Crippen molar-refractivity contribution in [2.45, 2.75) is 26.8 Å². The average molecular weight is 254 g/mol. The van der Waals surface area contributed by atoms with Crippen molar-refractivity contribution in [2.24, 2.45) is 5.92 Å². The van der Waals surface area contributed by atoms with Crippen molar-refractivity contribution >= 4 is 17.6 Å². The maximum absolute atomic E-state index is 11.9. The van der Waals surface area contributed by atoms with E-state index in [9.17, 15) is 9.59 Å². The number of nitrogens with one attached hydrogen (secondary N) is 2. The molecule has 0 aliphatic carbocycles. The first-order chi connectivity index (χ1) is 8.38. The Hall–Kier alpha value is -2.05. The van der Waals surface area contributed by atoms with E-state index in [1.807, 2.05) is 0 Å². The third kappa shape index (κ3) is 2.79. The van der Waals surface area contributed by atoms with E-state index in [-0.39, 0.29) is 17.3 Å². The zero-order valence-corrected chi connectivity index (χ0v) is 10.9. The van der Waals surface area contributed by atoms with E-state index in [1.54, 1.807) is 20.8 Å². The lowest BCUT2D eigenvalue weighted by molar-refractivity contribution is -0.144. The van der Waals surface area contributed by atoms with E-state index in [2.05, 4.69) is 20.3 Å². The number of amides is 1. The van der Waals surface area contributed by atoms with Crippen LogP contribution in [0.3, 0.4) is 0 Å². The number of nitrogens with two attached hydrogens (primary N) is 1. The molecule has 1 aromatic heterocycles. The quantitative estimate of drug-likeness (QED) is 0.666. The van der Waals surface area contributed by atoms with Gasteiger partial charge in [0.2, 0.25) is 0 Å². The van der Waals surface area contributed by atoms with Gasteiger partial charge in [-0.1, -0.05) is 13.8 Å². The summed E-state index contributed by atoms with van der Waals surface area (Å²) in [7, 11) is 1.27. The summed E-state index contributed by atoms with van der Waals surface area (Å²) in [6, 6.07) is -0.723. The molecular formula is C11H18N4O3. The first-order valence-electron chi connectivity index (χ1n) is 5.57. The Balaban J connectivity index is 2.85. The summed E-state index contributed by atoms with van der Waals surface area (Å²) in [5.41, 5.74) is 6.67. The zero-order chi connectivity index (χ0) is 13.9. The summed E-state index contributed by atoms with van der Waals surface area (Å²) in [6.45, 7) is 5.32. The van der Waals surface area contributed by atoms with Gasteiger partial charge >= 0.3 is 5.97 Å². The van der Waals surface area contributed by atoms with Crippen LogP contribution in [-0.2, 0) is 9.53 Å². The summed E-state index contributed by atoms with van der Waals surface area (Å²) < 4.78 is 4.63. The van der Waals surface area contributed by atoms with Gasteiger partial charge in [-0.05, 0) is 12.8 Å². The molecule has 100 valence electrons. The number of esters is 1. The molecule has 1 aromatic rings. The number of nitrogens with zero attached hydrogens (tertiary/aromatic N) is 1. The summed E-state index contributed by atoms with van der Waals surface area (Å²) in [6.07, 6.45) is 0. The average Bonchev–Trinajstić information content (AvgIpc) is 2.65. The molecule has 7 heteroatoms. The molecule has 1 unspecified atom stereocenters. The fourth-order valence-corrected chi connectivity index (χ4v) is 1.45. The van der Waals surface area contributed by atoms with Crippen LogP contribution < -0.4 is 11.1 Å². The highest BCUT2D eigenvalue weighted by Crippen LogP contribution is 2.13. The van der Waals surface area contributed by atoms with E-state index in [4.69, 9.17) is 5.73 Å². The fraction of sp³-hybridized carbons (Fsp3) is 0.545. The number of ether oxygens (including phenoxy) is 1. The standard InChI is InChI=1S/C11H18N4O3/c1-5(2)8(11(17)18-4)13-10(16)9-7(12)6(3)14-15-9/h5,8H,12H2,1-4H3,(H,13,16)(H,14,15). The monoisotopic (exact) mass is 254 g/mol. The van der Waals surface area contributed by atoms with Crippen LogP contribution in [0.15, 0.2) is 0 Å². The molecule has 1 heterocycles. The second-order valence-corrected chi connectivity index (χ2v) is 4.33. The minimum Gasteiger partial charge on any atom is -0.467 e. The number of methoxy groups -OCH3 is 1. The second kappa shape index (κ2) is 5.52. The minimum atomic E-state index is -0.723. The molecular weight excluding hydrogens is 236 g/mol. The predicted octanol–water partition coefficient (Wildman–Crippen LogP) is 0.228. The van der Waals surface area contributed by atoms with Gasteiger partial charge in [-0.15, -0.1) is 0 Å². The van der Waals surface area contributed by atoms with Gasteiger partial charge in [0.05, 0.1) is 18.5 Å². The number of aromatic nitrogens is 2. The van der Waals surface area contributed by atoms with Crippen LogP contribution in [-0.4, -0.2) is 35.2 Å². The van der Waals surface area contributed by atoms with Crippen LogP contribution >= 0.6 is 0 Å². The van der Waals surface area contributed by atoms with Crippen LogP contribution in [0.4, 0.5) is 5.69 Å². The molecule has 0 aliphatic heterocycles. The molecule has 0 spiro atoms. The number of hydrogen-bond donors (Lipinski definition) is 3. The molecule has 0 radical (unpaired) electrons. The number of carbonyl (C=O) groups excluding carboxylic acids is 2. The van der Waals surface area contributed by atoms with Gasteiger partial charge < -0.3 is 15.8 Å². The van der Waals surface area contributed by atoms with E-state index in [0.717, 1.165) is 0 Å². The molecule has 1 amide bonds.